The third-order valence-electron chi connectivity index (χ3n) is 4.27. The molecule has 28 heavy (non-hydrogen) atoms. The van der Waals surface area contributed by atoms with Gasteiger partial charge in [-0.05, 0) is 18.2 Å². The fourth-order valence-electron chi connectivity index (χ4n) is 2.82. The van der Waals surface area contributed by atoms with Crippen molar-refractivity contribution in [2.24, 2.45) is 0 Å². The Balaban J connectivity index is 1.54. The molecule has 0 atom stereocenters. The van der Waals surface area contributed by atoms with Gasteiger partial charge in [-0.1, -0.05) is 12.1 Å². The summed E-state index contributed by atoms with van der Waals surface area (Å²) < 4.78 is 48.8. The number of anilines is 1. The van der Waals surface area contributed by atoms with Crippen LogP contribution < -0.4 is 14.8 Å². The fourth-order valence-corrected chi connectivity index (χ4v) is 2.82. The van der Waals surface area contributed by atoms with E-state index in [0.29, 0.717) is 37.4 Å². The highest BCUT2D eigenvalue weighted by Crippen LogP contribution is 2.28. The summed E-state index contributed by atoms with van der Waals surface area (Å²) in [5, 5.41) is 2.79. The number of carbonyl (C=O) groups excluding carboxylic acids is 1. The minimum Gasteiger partial charge on any atom is -0.495 e. The Bertz CT molecular complexity index is 824. The van der Waals surface area contributed by atoms with E-state index in [4.69, 9.17) is 9.47 Å². The van der Waals surface area contributed by atoms with Crippen LogP contribution in [0.15, 0.2) is 36.5 Å². The Morgan fingerprint density at radius 1 is 1.21 bits per heavy atom. The number of nitrogens with one attached hydrogen (secondary N) is 1. The van der Waals surface area contributed by atoms with Gasteiger partial charge in [-0.3, -0.25) is 0 Å². The minimum atomic E-state index is -4.55. The highest BCUT2D eigenvalue weighted by molar-refractivity contribution is 5.91. The number of hydrogen-bond acceptors (Lipinski definition) is 5. The van der Waals surface area contributed by atoms with E-state index in [2.05, 4.69) is 15.3 Å². The Labute approximate surface area is 159 Å². The second kappa shape index (κ2) is 8.32. The SMILES string of the molecule is COc1ccccc1NC(=O)N1CCC(Oc2nccc(C(F)(F)F)n2)CC1. The number of nitrogens with zero attached hydrogens (tertiary/aromatic N) is 3. The highest BCUT2D eigenvalue weighted by Gasteiger charge is 2.33. The molecule has 2 heterocycles. The number of hydrogen-bond donors (Lipinski definition) is 1. The van der Waals surface area contributed by atoms with Crippen molar-refractivity contribution in [3.8, 4) is 11.8 Å². The van der Waals surface area contributed by atoms with Crippen molar-refractivity contribution >= 4 is 11.7 Å². The van der Waals surface area contributed by atoms with Crippen molar-refractivity contribution < 1.29 is 27.4 Å². The van der Waals surface area contributed by atoms with Crippen molar-refractivity contribution in [2.75, 3.05) is 25.5 Å². The summed E-state index contributed by atoms with van der Waals surface area (Å²) in [5.74, 6) is 0.552. The molecule has 3 rings (SSSR count). The van der Waals surface area contributed by atoms with E-state index in [1.807, 2.05) is 0 Å². The van der Waals surface area contributed by atoms with Crippen molar-refractivity contribution in [3.05, 3.63) is 42.2 Å². The topological polar surface area (TPSA) is 76.6 Å². The zero-order chi connectivity index (χ0) is 20.1. The predicted octanol–water partition coefficient (Wildman–Crippen LogP) is 3.58. The Kier molecular flexibility index (Phi) is 5.86. The summed E-state index contributed by atoms with van der Waals surface area (Å²) >= 11 is 0. The molecule has 0 radical (unpaired) electrons. The van der Waals surface area contributed by atoms with Gasteiger partial charge in [-0.2, -0.15) is 18.2 Å². The minimum absolute atomic E-state index is 0.279. The predicted molar refractivity (Wildman–Crippen MR) is 94.3 cm³/mol. The summed E-state index contributed by atoms with van der Waals surface area (Å²) in [6.07, 6.45) is -2.99. The quantitative estimate of drug-likeness (QED) is 0.855. The van der Waals surface area contributed by atoms with Crippen LogP contribution in [0.2, 0.25) is 0 Å². The first-order valence-electron chi connectivity index (χ1n) is 8.62. The van der Waals surface area contributed by atoms with Gasteiger partial charge in [0.2, 0.25) is 0 Å². The lowest BCUT2D eigenvalue weighted by Gasteiger charge is -2.31. The molecule has 1 aliphatic rings. The molecule has 0 bridgehead atoms. The van der Waals surface area contributed by atoms with E-state index < -0.39 is 11.9 Å². The van der Waals surface area contributed by atoms with Crippen LogP contribution in [0.3, 0.4) is 0 Å². The van der Waals surface area contributed by atoms with Gasteiger partial charge in [0.25, 0.3) is 0 Å². The standard InChI is InChI=1S/C18H19F3N4O3/c1-27-14-5-3-2-4-13(14)23-17(26)25-10-7-12(8-11-25)28-16-22-9-6-15(24-16)18(19,20)21/h2-6,9,12H,7-8,10-11H2,1H3,(H,23,26). The molecule has 1 fully saturated rings. The van der Waals surface area contributed by atoms with Crippen LogP contribution >= 0.6 is 0 Å². The molecule has 0 aliphatic carbocycles. The number of benzene rings is 1. The number of methoxy groups -OCH3 is 1. The van der Waals surface area contributed by atoms with Crippen LogP contribution in [0.1, 0.15) is 18.5 Å². The molecular weight excluding hydrogens is 377 g/mol. The molecule has 1 aliphatic heterocycles. The van der Waals surface area contributed by atoms with Gasteiger partial charge in [-0.15, -0.1) is 0 Å². The van der Waals surface area contributed by atoms with Gasteiger partial charge in [0, 0.05) is 32.1 Å². The van der Waals surface area contributed by atoms with Crippen molar-refractivity contribution in [3.63, 3.8) is 0 Å². The van der Waals surface area contributed by atoms with Gasteiger partial charge in [0.1, 0.15) is 11.9 Å². The van der Waals surface area contributed by atoms with Crippen LogP contribution in [0.25, 0.3) is 0 Å². The molecule has 7 nitrogen and oxygen atoms in total. The molecule has 10 heteroatoms. The number of urea groups is 1. The number of rotatable bonds is 4. The lowest BCUT2D eigenvalue weighted by Crippen LogP contribution is -2.43. The van der Waals surface area contributed by atoms with E-state index in [0.717, 1.165) is 12.3 Å². The molecule has 2 amide bonds. The van der Waals surface area contributed by atoms with Crippen LogP contribution in [0.5, 0.6) is 11.8 Å². The van der Waals surface area contributed by atoms with Crippen molar-refractivity contribution in [1.29, 1.82) is 0 Å². The molecule has 1 aromatic carbocycles. The lowest BCUT2D eigenvalue weighted by atomic mass is 10.1. The van der Waals surface area contributed by atoms with E-state index in [-0.39, 0.29) is 18.1 Å². The average Bonchev–Trinajstić information content (AvgIpc) is 2.68. The number of para-hydroxylation sites is 2. The zero-order valence-corrected chi connectivity index (χ0v) is 15.1. The van der Waals surface area contributed by atoms with E-state index in [1.54, 1.807) is 29.2 Å². The first-order valence-corrected chi connectivity index (χ1v) is 8.62. The molecule has 0 unspecified atom stereocenters. The smallest absolute Gasteiger partial charge is 0.433 e. The van der Waals surface area contributed by atoms with Gasteiger partial charge in [0.15, 0.2) is 5.69 Å². The molecule has 2 aromatic rings. The van der Waals surface area contributed by atoms with Crippen LogP contribution in [0.4, 0.5) is 23.7 Å². The summed E-state index contributed by atoms with van der Waals surface area (Å²) in [7, 11) is 1.52. The number of halogens is 3. The van der Waals surface area contributed by atoms with Crippen LogP contribution in [-0.2, 0) is 6.18 Å². The molecule has 0 spiro atoms. The fraction of sp³-hybridized carbons (Fsp3) is 0.389. The van der Waals surface area contributed by atoms with E-state index in [1.165, 1.54) is 7.11 Å². The van der Waals surface area contributed by atoms with Gasteiger partial charge < -0.3 is 19.7 Å². The first kappa shape index (κ1) is 19.7. The second-order valence-corrected chi connectivity index (χ2v) is 6.16. The number of amides is 2. The average molecular weight is 396 g/mol. The third kappa shape index (κ3) is 4.81. The normalized spacial score (nSPS) is 15.2. The number of carbonyl (C=O) groups is 1. The lowest BCUT2D eigenvalue weighted by molar-refractivity contribution is -0.141. The second-order valence-electron chi connectivity index (χ2n) is 6.16. The highest BCUT2D eigenvalue weighted by atomic mass is 19.4. The van der Waals surface area contributed by atoms with E-state index >= 15 is 0 Å². The molecule has 0 saturated carbocycles. The molecule has 1 N–H and O–H groups in total. The number of likely N-dealkylation sites (tertiary alicyclic amines) is 1. The van der Waals surface area contributed by atoms with Crippen molar-refractivity contribution in [2.45, 2.75) is 25.1 Å². The van der Waals surface area contributed by atoms with Crippen LogP contribution in [0, 0.1) is 0 Å². The summed E-state index contributed by atoms with van der Waals surface area (Å²) in [6, 6.07) is 7.26. The first-order chi connectivity index (χ1) is 13.4. The summed E-state index contributed by atoms with van der Waals surface area (Å²) in [4.78, 5) is 21.2. The zero-order valence-electron chi connectivity index (χ0n) is 15.1. The van der Waals surface area contributed by atoms with Gasteiger partial charge in [0.05, 0.1) is 12.8 Å². The van der Waals surface area contributed by atoms with E-state index in [9.17, 15) is 18.0 Å². The molecule has 1 saturated heterocycles. The Hall–Kier alpha value is -3.04. The van der Waals surface area contributed by atoms with Gasteiger partial charge >= 0.3 is 18.2 Å². The third-order valence-corrected chi connectivity index (χ3v) is 4.27. The number of ether oxygens (including phenoxy) is 2. The largest absolute Gasteiger partial charge is 0.495 e. The maximum atomic E-state index is 12.7. The van der Waals surface area contributed by atoms with Crippen LogP contribution in [-0.4, -0.2) is 47.2 Å². The molecular formula is C18H19F3N4O3. The number of aromatic nitrogens is 2. The van der Waals surface area contributed by atoms with Gasteiger partial charge in [-0.25, -0.2) is 9.78 Å². The summed E-state index contributed by atoms with van der Waals surface area (Å²) in [6.45, 7) is 0.787. The molecule has 1 aromatic heterocycles. The van der Waals surface area contributed by atoms with Crippen molar-refractivity contribution in [1.82, 2.24) is 14.9 Å². The number of alkyl halides is 3. The monoisotopic (exact) mass is 396 g/mol. The maximum absolute atomic E-state index is 12.7. The maximum Gasteiger partial charge on any atom is 0.433 e. The Morgan fingerprint density at radius 3 is 2.61 bits per heavy atom. The molecule has 150 valence electrons. The Morgan fingerprint density at radius 2 is 1.93 bits per heavy atom. The number of piperidine rings is 1. The summed E-state index contributed by atoms with van der Waals surface area (Å²) in [5.41, 5.74) is -0.489.